The summed E-state index contributed by atoms with van der Waals surface area (Å²) in [6.45, 7) is 4.15. The summed E-state index contributed by atoms with van der Waals surface area (Å²) in [5.74, 6) is -0.0867. The van der Waals surface area contributed by atoms with Crippen LogP contribution in [-0.4, -0.2) is 34.9 Å². The Labute approximate surface area is 334 Å². The van der Waals surface area contributed by atoms with E-state index >= 15 is 0 Å². The number of allylic oxidation sites excluding steroid dienone is 15. The summed E-state index contributed by atoms with van der Waals surface area (Å²) in [5, 5.41) is 23.0. The monoisotopic (exact) mass is 748 g/mol. The zero-order valence-electron chi connectivity index (χ0n) is 35.2. The van der Waals surface area contributed by atoms with Crippen LogP contribution in [0.5, 0.6) is 0 Å². The van der Waals surface area contributed by atoms with E-state index in [1.165, 1.54) is 103 Å². The van der Waals surface area contributed by atoms with E-state index in [1.807, 2.05) is 6.08 Å². The van der Waals surface area contributed by atoms with E-state index in [4.69, 9.17) is 0 Å². The minimum atomic E-state index is -0.876. The Morgan fingerprint density at radius 1 is 0.463 bits per heavy atom. The number of unbranched alkanes of at least 4 members (excludes halogenated alkanes) is 18. The van der Waals surface area contributed by atoms with Gasteiger partial charge < -0.3 is 15.5 Å². The van der Waals surface area contributed by atoms with Crippen molar-refractivity contribution in [2.24, 2.45) is 0 Å². The molecular weight excluding hydrogens is 663 g/mol. The lowest BCUT2D eigenvalue weighted by molar-refractivity contribution is -0.123. The van der Waals surface area contributed by atoms with Crippen LogP contribution < -0.4 is 5.32 Å². The highest BCUT2D eigenvalue weighted by molar-refractivity contribution is 5.76. The van der Waals surface area contributed by atoms with Gasteiger partial charge in [-0.05, 0) is 89.9 Å². The highest BCUT2D eigenvalue weighted by Gasteiger charge is 2.17. The van der Waals surface area contributed by atoms with Crippen molar-refractivity contribution in [1.82, 2.24) is 5.32 Å². The molecule has 0 aliphatic heterocycles. The summed E-state index contributed by atoms with van der Waals surface area (Å²) in [6, 6.07) is -0.652. The third kappa shape index (κ3) is 40.5. The number of amides is 1. The number of hydrogen-bond donors (Lipinski definition) is 3. The van der Waals surface area contributed by atoms with Crippen molar-refractivity contribution in [3.63, 3.8) is 0 Å². The molecule has 0 saturated carbocycles. The van der Waals surface area contributed by atoms with E-state index in [1.54, 1.807) is 6.08 Å². The van der Waals surface area contributed by atoms with Gasteiger partial charge in [-0.3, -0.25) is 4.79 Å². The SMILES string of the molecule is CC/C=C\C/C=C\C/C=C\C/C=C\C/C=C\CCCCCCCCCCCCCC(=O)NC(CO)C(O)/C=C/CC/C=C/CC/C=C/CCCCCCC. The maximum atomic E-state index is 12.4. The molecule has 4 nitrogen and oxygen atoms in total. The Bertz CT molecular complexity index is 1030. The first-order valence-electron chi connectivity index (χ1n) is 22.5. The van der Waals surface area contributed by atoms with Crippen molar-refractivity contribution in [2.75, 3.05) is 6.61 Å². The number of carbonyl (C=O) groups is 1. The fourth-order valence-corrected chi connectivity index (χ4v) is 6.12. The Balaban J connectivity index is 3.64. The number of aliphatic hydroxyl groups is 2. The van der Waals surface area contributed by atoms with Gasteiger partial charge in [-0.1, -0.05) is 195 Å². The molecule has 0 aromatic carbocycles. The highest BCUT2D eigenvalue weighted by atomic mass is 16.3. The lowest BCUT2D eigenvalue weighted by Gasteiger charge is -2.19. The quantitative estimate of drug-likeness (QED) is 0.0433. The number of hydrogen-bond acceptors (Lipinski definition) is 3. The van der Waals surface area contributed by atoms with Crippen LogP contribution in [0.15, 0.2) is 97.2 Å². The van der Waals surface area contributed by atoms with Crippen molar-refractivity contribution in [3.05, 3.63) is 97.2 Å². The Morgan fingerprint density at radius 2 is 0.833 bits per heavy atom. The molecule has 3 N–H and O–H groups in total. The largest absolute Gasteiger partial charge is 0.394 e. The van der Waals surface area contributed by atoms with E-state index in [2.05, 4.69) is 104 Å². The van der Waals surface area contributed by atoms with Gasteiger partial charge >= 0.3 is 0 Å². The normalized spacial score (nSPS) is 13.9. The van der Waals surface area contributed by atoms with Crippen molar-refractivity contribution >= 4 is 5.91 Å². The first-order chi connectivity index (χ1) is 26.7. The summed E-state index contributed by atoms with van der Waals surface area (Å²) in [5.41, 5.74) is 0. The zero-order chi connectivity index (χ0) is 39.3. The van der Waals surface area contributed by atoms with E-state index < -0.39 is 12.1 Å². The summed E-state index contributed by atoms with van der Waals surface area (Å²) in [6.07, 6.45) is 66.6. The number of carbonyl (C=O) groups excluding carboxylic acids is 1. The summed E-state index contributed by atoms with van der Waals surface area (Å²) in [4.78, 5) is 12.4. The van der Waals surface area contributed by atoms with Gasteiger partial charge in [0.2, 0.25) is 5.91 Å². The fraction of sp³-hybridized carbons (Fsp3) is 0.660. The predicted octanol–water partition coefficient (Wildman–Crippen LogP) is 14.2. The summed E-state index contributed by atoms with van der Waals surface area (Å²) in [7, 11) is 0. The molecule has 0 saturated heterocycles. The summed E-state index contributed by atoms with van der Waals surface area (Å²) >= 11 is 0. The predicted molar refractivity (Wildman–Crippen MR) is 239 cm³/mol. The third-order valence-electron chi connectivity index (χ3n) is 9.53. The van der Waals surface area contributed by atoms with Gasteiger partial charge in [-0.2, -0.15) is 0 Å². The molecule has 0 aliphatic rings. The molecule has 0 rings (SSSR count). The van der Waals surface area contributed by atoms with Crippen molar-refractivity contribution in [1.29, 1.82) is 0 Å². The Hall–Kier alpha value is -2.69. The molecule has 2 atom stereocenters. The van der Waals surface area contributed by atoms with Crippen LogP contribution in [0.3, 0.4) is 0 Å². The van der Waals surface area contributed by atoms with Gasteiger partial charge in [0.05, 0.1) is 18.8 Å². The van der Waals surface area contributed by atoms with Crippen molar-refractivity contribution in [3.8, 4) is 0 Å². The van der Waals surface area contributed by atoms with E-state index in [0.717, 1.165) is 70.6 Å². The highest BCUT2D eigenvalue weighted by Crippen LogP contribution is 2.13. The van der Waals surface area contributed by atoms with Gasteiger partial charge in [-0.15, -0.1) is 0 Å². The van der Waals surface area contributed by atoms with Gasteiger partial charge in [0, 0.05) is 6.42 Å². The van der Waals surface area contributed by atoms with E-state index in [-0.39, 0.29) is 12.5 Å². The zero-order valence-corrected chi connectivity index (χ0v) is 35.2. The summed E-state index contributed by atoms with van der Waals surface area (Å²) < 4.78 is 0. The lowest BCUT2D eigenvalue weighted by Crippen LogP contribution is -2.45. The molecule has 308 valence electrons. The molecule has 0 radical (unpaired) electrons. The van der Waals surface area contributed by atoms with E-state index in [0.29, 0.717) is 6.42 Å². The Kier molecular flexibility index (Phi) is 42.5. The second-order valence-electron chi connectivity index (χ2n) is 14.7. The average molecular weight is 748 g/mol. The van der Waals surface area contributed by atoms with Crippen LogP contribution in [0.2, 0.25) is 0 Å². The molecule has 0 aromatic heterocycles. The van der Waals surface area contributed by atoms with Crippen LogP contribution in [0, 0.1) is 0 Å². The number of rotatable bonds is 39. The third-order valence-corrected chi connectivity index (χ3v) is 9.53. The molecule has 0 aromatic rings. The Morgan fingerprint density at radius 3 is 1.30 bits per heavy atom. The van der Waals surface area contributed by atoms with Crippen molar-refractivity contribution in [2.45, 2.75) is 206 Å². The average Bonchev–Trinajstić information content (AvgIpc) is 3.18. The van der Waals surface area contributed by atoms with Crippen LogP contribution in [0.25, 0.3) is 0 Å². The molecular formula is C50H85NO3. The fourth-order valence-electron chi connectivity index (χ4n) is 6.12. The van der Waals surface area contributed by atoms with Gasteiger partial charge in [0.25, 0.3) is 0 Å². The molecule has 0 spiro atoms. The molecule has 54 heavy (non-hydrogen) atoms. The number of nitrogens with one attached hydrogen (secondary N) is 1. The molecule has 0 aliphatic carbocycles. The maximum absolute atomic E-state index is 12.4. The molecule has 1 amide bonds. The van der Waals surface area contributed by atoms with Gasteiger partial charge in [0.1, 0.15) is 0 Å². The van der Waals surface area contributed by atoms with E-state index in [9.17, 15) is 15.0 Å². The molecule has 0 heterocycles. The van der Waals surface area contributed by atoms with Crippen LogP contribution in [0.1, 0.15) is 194 Å². The van der Waals surface area contributed by atoms with Crippen LogP contribution in [0.4, 0.5) is 0 Å². The van der Waals surface area contributed by atoms with Crippen LogP contribution >= 0.6 is 0 Å². The van der Waals surface area contributed by atoms with Crippen molar-refractivity contribution < 1.29 is 15.0 Å². The molecule has 4 heteroatoms. The van der Waals surface area contributed by atoms with Crippen LogP contribution in [-0.2, 0) is 4.79 Å². The van der Waals surface area contributed by atoms with Gasteiger partial charge in [0.15, 0.2) is 0 Å². The first-order valence-corrected chi connectivity index (χ1v) is 22.5. The minimum Gasteiger partial charge on any atom is -0.394 e. The molecule has 2 unspecified atom stereocenters. The standard InChI is InChI=1S/C50H85NO3/c1-3-5-7-9-11-13-15-17-19-20-21-22-23-24-25-26-27-28-29-30-32-34-36-38-40-42-44-46-50(54)51-48(47-52)49(53)45-43-41-39-37-35-33-31-18-16-14-12-10-8-6-4-2/h5,7,11,13,16-19,21-22,24-25,35,37,43,45,48-49,52-53H,3-4,6,8-10,12,14-15,20,23,26-34,36,38-42,44,46-47H2,1-2H3,(H,51,54)/b7-5-,13-11-,18-16+,19-17-,22-21-,25-24-,37-35+,45-43+. The molecule has 0 fully saturated rings. The van der Waals surface area contributed by atoms with Gasteiger partial charge in [-0.25, -0.2) is 0 Å². The lowest BCUT2D eigenvalue weighted by atomic mass is 10.0. The number of aliphatic hydroxyl groups excluding tert-OH is 2. The smallest absolute Gasteiger partial charge is 0.220 e. The maximum Gasteiger partial charge on any atom is 0.220 e. The second kappa shape index (κ2) is 44.7. The minimum absolute atomic E-state index is 0.0867. The molecule has 0 bridgehead atoms. The topological polar surface area (TPSA) is 69.6 Å². The first kappa shape index (κ1) is 51.3. The second-order valence-corrected chi connectivity index (χ2v) is 14.7.